The number of thiophene rings is 1. The third kappa shape index (κ3) is 4.69. The van der Waals surface area contributed by atoms with Gasteiger partial charge in [0.05, 0.1) is 29.1 Å². The number of hydrogen-bond acceptors (Lipinski definition) is 7. The van der Waals surface area contributed by atoms with Gasteiger partial charge in [-0.05, 0) is 67.9 Å². The van der Waals surface area contributed by atoms with E-state index in [4.69, 9.17) is 16.3 Å². The molecule has 0 fully saturated rings. The number of carbonyl (C=O) groups excluding carboxylic acids is 1. The molecule has 36 heavy (non-hydrogen) atoms. The molecule has 0 saturated heterocycles. The average Bonchev–Trinajstić information content (AvgIpc) is 3.24. The third-order valence-electron chi connectivity index (χ3n) is 5.60. The fourth-order valence-corrected chi connectivity index (χ4v) is 6.15. The normalized spacial score (nSPS) is 11.2. The molecule has 0 spiro atoms. The number of nitrogens with zero attached hydrogens (tertiary/aromatic N) is 3. The Hall–Kier alpha value is -3.40. The highest BCUT2D eigenvalue weighted by Gasteiger charge is 2.16. The smallest absolute Gasteiger partial charge is 0.275 e. The highest BCUT2D eigenvalue weighted by Crippen LogP contribution is 2.33. The van der Waals surface area contributed by atoms with Gasteiger partial charge in [-0.15, -0.1) is 23.1 Å². The highest BCUT2D eigenvalue weighted by atomic mass is 35.5. The van der Waals surface area contributed by atoms with Crippen LogP contribution in [0.1, 0.15) is 11.3 Å². The van der Waals surface area contributed by atoms with Gasteiger partial charge in [0.25, 0.3) is 5.56 Å². The van der Waals surface area contributed by atoms with Gasteiger partial charge < -0.3 is 10.1 Å². The molecule has 0 aliphatic carbocycles. The van der Waals surface area contributed by atoms with E-state index >= 15 is 0 Å². The van der Waals surface area contributed by atoms with Crippen LogP contribution in [0, 0.1) is 13.8 Å². The summed E-state index contributed by atoms with van der Waals surface area (Å²) in [5.41, 5.74) is 3.75. The molecule has 0 unspecified atom stereocenters. The largest absolute Gasteiger partial charge is 0.497 e. The molecule has 5 aromatic rings. The summed E-state index contributed by atoms with van der Waals surface area (Å²) in [5.74, 6) is 0.698. The number of benzene rings is 2. The average molecular weight is 537 g/mol. The second-order valence-corrected chi connectivity index (χ2v) is 10.6. The summed E-state index contributed by atoms with van der Waals surface area (Å²) in [4.78, 5) is 36.6. The maximum atomic E-state index is 13.4. The Balaban J connectivity index is 1.40. The topological polar surface area (TPSA) is 86.1 Å². The van der Waals surface area contributed by atoms with Gasteiger partial charge in [0.2, 0.25) is 5.91 Å². The summed E-state index contributed by atoms with van der Waals surface area (Å²) in [6.07, 6.45) is 1.53. The number of amides is 1. The van der Waals surface area contributed by atoms with Crippen molar-refractivity contribution in [2.45, 2.75) is 18.7 Å². The van der Waals surface area contributed by atoms with Crippen molar-refractivity contribution in [1.29, 1.82) is 0 Å². The minimum Gasteiger partial charge on any atom is -0.497 e. The van der Waals surface area contributed by atoms with Crippen LogP contribution < -0.4 is 15.6 Å². The van der Waals surface area contributed by atoms with E-state index in [0.717, 1.165) is 21.5 Å². The molecule has 182 valence electrons. The molecule has 0 atom stereocenters. The maximum absolute atomic E-state index is 13.4. The van der Waals surface area contributed by atoms with Gasteiger partial charge in [-0.1, -0.05) is 11.6 Å². The van der Waals surface area contributed by atoms with Gasteiger partial charge in [-0.25, -0.2) is 9.97 Å². The second-order valence-electron chi connectivity index (χ2n) is 8.14. The Kier molecular flexibility index (Phi) is 6.70. The van der Waals surface area contributed by atoms with E-state index in [1.54, 1.807) is 49.6 Å². The number of nitrogens with one attached hydrogen (secondary N) is 1. The van der Waals surface area contributed by atoms with E-state index in [1.165, 1.54) is 34.0 Å². The summed E-state index contributed by atoms with van der Waals surface area (Å²) in [6.45, 7) is 3.94. The predicted octanol–water partition coefficient (Wildman–Crippen LogP) is 6.01. The molecule has 0 saturated carbocycles. The van der Waals surface area contributed by atoms with Gasteiger partial charge in [-0.3, -0.25) is 14.2 Å². The van der Waals surface area contributed by atoms with Crippen LogP contribution in [0.15, 0.2) is 64.5 Å². The zero-order valence-electron chi connectivity index (χ0n) is 19.7. The molecule has 0 aliphatic rings. The monoisotopic (exact) mass is 536 g/mol. The van der Waals surface area contributed by atoms with Crippen molar-refractivity contribution in [1.82, 2.24) is 14.5 Å². The number of anilines is 1. The molecule has 1 amide bonds. The standard InChI is InChI=1S/C26H21ClN4O3S2/c1-14-10-15(2)29-25-22(14)23-24(36-25)26(33)31(13-28-23)17-6-9-19(27)20(11-17)35-12-21(32)30-16-4-7-18(34-3)8-5-16/h4-11,13H,12H2,1-3H3,(H,30,32). The first kappa shape index (κ1) is 24.3. The molecule has 3 aromatic heterocycles. The van der Waals surface area contributed by atoms with E-state index in [1.807, 2.05) is 19.9 Å². The van der Waals surface area contributed by atoms with Gasteiger partial charge in [0.15, 0.2) is 0 Å². The van der Waals surface area contributed by atoms with Crippen molar-refractivity contribution in [3.63, 3.8) is 0 Å². The summed E-state index contributed by atoms with van der Waals surface area (Å²) in [7, 11) is 1.59. The van der Waals surface area contributed by atoms with Crippen LogP contribution >= 0.6 is 34.7 Å². The van der Waals surface area contributed by atoms with Crippen LogP contribution in [-0.2, 0) is 4.79 Å². The second kappa shape index (κ2) is 9.93. The minimum atomic E-state index is -0.171. The van der Waals surface area contributed by atoms with Gasteiger partial charge in [0.1, 0.15) is 21.6 Å². The lowest BCUT2D eigenvalue weighted by Crippen LogP contribution is -2.18. The van der Waals surface area contributed by atoms with Crippen LogP contribution in [0.2, 0.25) is 5.02 Å². The quantitative estimate of drug-likeness (QED) is 0.268. The first-order valence-corrected chi connectivity index (χ1v) is 13.2. The Morgan fingerprint density at radius 2 is 1.94 bits per heavy atom. The fraction of sp³-hybridized carbons (Fsp3) is 0.154. The first-order chi connectivity index (χ1) is 17.3. The number of fused-ring (bicyclic) bond motifs is 3. The molecule has 3 heterocycles. The Morgan fingerprint density at radius 3 is 2.69 bits per heavy atom. The first-order valence-electron chi connectivity index (χ1n) is 11.0. The summed E-state index contributed by atoms with van der Waals surface area (Å²) < 4.78 is 7.19. The molecule has 10 heteroatoms. The van der Waals surface area contributed by atoms with Crippen molar-refractivity contribution < 1.29 is 9.53 Å². The van der Waals surface area contributed by atoms with Crippen LogP contribution in [0.4, 0.5) is 5.69 Å². The van der Waals surface area contributed by atoms with Crippen LogP contribution in [0.3, 0.4) is 0 Å². The number of aromatic nitrogens is 3. The van der Waals surface area contributed by atoms with Crippen LogP contribution in [-0.4, -0.2) is 33.3 Å². The van der Waals surface area contributed by atoms with E-state index in [2.05, 4.69) is 15.3 Å². The fourth-order valence-electron chi connectivity index (χ4n) is 3.92. The number of halogens is 1. The molecule has 1 N–H and O–H groups in total. The SMILES string of the molecule is COc1ccc(NC(=O)CSc2cc(-n3cnc4c(sc5nc(C)cc(C)c54)c3=O)ccc2Cl)cc1. The zero-order chi connectivity index (χ0) is 25.4. The molecule has 0 radical (unpaired) electrons. The molecule has 2 aromatic carbocycles. The van der Waals surface area contributed by atoms with Crippen molar-refractivity contribution in [3.8, 4) is 11.4 Å². The number of ether oxygens (including phenoxy) is 1. The molecule has 7 nitrogen and oxygen atoms in total. The number of aryl methyl sites for hydroxylation is 2. The number of pyridine rings is 1. The van der Waals surface area contributed by atoms with Crippen LogP contribution in [0.25, 0.3) is 26.1 Å². The number of methoxy groups -OCH3 is 1. The lowest BCUT2D eigenvalue weighted by molar-refractivity contribution is -0.113. The number of hydrogen-bond donors (Lipinski definition) is 1. The number of thioether (sulfide) groups is 1. The minimum absolute atomic E-state index is 0.155. The van der Waals surface area contributed by atoms with E-state index in [9.17, 15) is 9.59 Å². The Bertz CT molecular complexity index is 1680. The highest BCUT2D eigenvalue weighted by molar-refractivity contribution is 8.00. The number of carbonyl (C=O) groups is 1. The van der Waals surface area contributed by atoms with Crippen molar-refractivity contribution in [2.24, 2.45) is 0 Å². The zero-order valence-corrected chi connectivity index (χ0v) is 22.1. The molecule has 0 aliphatic heterocycles. The van der Waals surface area contributed by atoms with Gasteiger partial charge in [-0.2, -0.15) is 0 Å². The van der Waals surface area contributed by atoms with Crippen molar-refractivity contribution in [2.75, 3.05) is 18.2 Å². The summed E-state index contributed by atoms with van der Waals surface area (Å²) in [5, 5.41) is 4.27. The molecular weight excluding hydrogens is 516 g/mol. The van der Waals surface area contributed by atoms with Crippen molar-refractivity contribution >= 4 is 66.7 Å². The molecule has 0 bridgehead atoms. The van der Waals surface area contributed by atoms with E-state index in [0.29, 0.717) is 37.3 Å². The van der Waals surface area contributed by atoms with Crippen LogP contribution in [0.5, 0.6) is 5.75 Å². The number of rotatable bonds is 6. The summed E-state index contributed by atoms with van der Waals surface area (Å²) in [6, 6.07) is 14.4. The van der Waals surface area contributed by atoms with E-state index < -0.39 is 0 Å². The Morgan fingerprint density at radius 1 is 1.17 bits per heavy atom. The maximum Gasteiger partial charge on any atom is 0.275 e. The van der Waals surface area contributed by atoms with E-state index in [-0.39, 0.29) is 17.2 Å². The summed E-state index contributed by atoms with van der Waals surface area (Å²) >= 11 is 9.05. The van der Waals surface area contributed by atoms with Gasteiger partial charge in [0, 0.05) is 21.7 Å². The van der Waals surface area contributed by atoms with Crippen molar-refractivity contribution in [3.05, 3.63) is 81.5 Å². The third-order valence-corrected chi connectivity index (χ3v) is 8.16. The molecule has 5 rings (SSSR count). The Labute approximate surface area is 220 Å². The predicted molar refractivity (Wildman–Crippen MR) is 147 cm³/mol. The lowest BCUT2D eigenvalue weighted by Gasteiger charge is -2.10. The lowest BCUT2D eigenvalue weighted by atomic mass is 10.1. The molecular formula is C26H21ClN4O3S2. The van der Waals surface area contributed by atoms with Gasteiger partial charge >= 0.3 is 0 Å².